The van der Waals surface area contributed by atoms with Gasteiger partial charge in [-0.1, -0.05) is 6.42 Å². The Labute approximate surface area is 165 Å². The van der Waals surface area contributed by atoms with E-state index in [1.807, 2.05) is 0 Å². The summed E-state index contributed by atoms with van der Waals surface area (Å²) in [5.41, 5.74) is 0.597. The van der Waals surface area contributed by atoms with E-state index in [0.717, 1.165) is 6.42 Å². The van der Waals surface area contributed by atoms with E-state index in [0.29, 0.717) is 38.2 Å². The third-order valence-electron chi connectivity index (χ3n) is 4.68. The number of anilines is 1. The van der Waals surface area contributed by atoms with Crippen LogP contribution >= 0.6 is 0 Å². The molecule has 1 fully saturated rings. The standard InChI is InChI=1S/C19H29N5O4/c1-24-13-16(23-19(27)22-15-7-4-8-20-12-15)6-3-5-14(11-17(24)25)18(26)21-9-10-28-2/h4,7-8,12,14,16H,3,5-6,9-11,13H2,1-2H3,(H,21,26)(H2,22,23,27)/t14-,16-/m1/s1. The first-order chi connectivity index (χ1) is 13.5. The molecule has 2 rings (SSSR count). The number of hydrogen-bond acceptors (Lipinski definition) is 5. The van der Waals surface area contributed by atoms with E-state index in [1.165, 1.54) is 0 Å². The molecule has 1 aromatic rings. The van der Waals surface area contributed by atoms with Crippen molar-refractivity contribution < 1.29 is 19.1 Å². The zero-order chi connectivity index (χ0) is 20.4. The molecule has 2 atom stereocenters. The van der Waals surface area contributed by atoms with Crippen molar-refractivity contribution in [3.8, 4) is 0 Å². The Kier molecular flexibility index (Phi) is 8.67. The second-order valence-corrected chi connectivity index (χ2v) is 6.93. The second-order valence-electron chi connectivity index (χ2n) is 6.93. The summed E-state index contributed by atoms with van der Waals surface area (Å²) in [5, 5.41) is 8.45. The van der Waals surface area contributed by atoms with Crippen molar-refractivity contribution in [1.29, 1.82) is 0 Å². The lowest BCUT2D eigenvalue weighted by molar-refractivity contribution is -0.135. The molecule has 1 aliphatic heterocycles. The number of hydrogen-bond donors (Lipinski definition) is 3. The van der Waals surface area contributed by atoms with Gasteiger partial charge in [-0.15, -0.1) is 0 Å². The predicted molar refractivity (Wildman–Crippen MR) is 105 cm³/mol. The molecular formula is C19H29N5O4. The van der Waals surface area contributed by atoms with Crippen molar-refractivity contribution in [2.45, 2.75) is 31.7 Å². The van der Waals surface area contributed by atoms with Gasteiger partial charge in [-0.3, -0.25) is 14.6 Å². The Morgan fingerprint density at radius 3 is 2.89 bits per heavy atom. The van der Waals surface area contributed by atoms with Crippen LogP contribution in [0.25, 0.3) is 0 Å². The third kappa shape index (κ3) is 7.15. The minimum Gasteiger partial charge on any atom is -0.383 e. The van der Waals surface area contributed by atoms with Crippen molar-refractivity contribution in [1.82, 2.24) is 20.5 Å². The first-order valence-electron chi connectivity index (χ1n) is 9.47. The monoisotopic (exact) mass is 391 g/mol. The maximum Gasteiger partial charge on any atom is 0.319 e. The van der Waals surface area contributed by atoms with Crippen LogP contribution in [0.5, 0.6) is 0 Å². The highest BCUT2D eigenvalue weighted by Crippen LogP contribution is 2.19. The smallest absolute Gasteiger partial charge is 0.319 e. The van der Waals surface area contributed by atoms with Crippen LogP contribution in [0.4, 0.5) is 10.5 Å². The minimum absolute atomic E-state index is 0.103. The van der Waals surface area contributed by atoms with E-state index in [2.05, 4.69) is 20.9 Å². The Hall–Kier alpha value is -2.68. The molecule has 0 bridgehead atoms. The van der Waals surface area contributed by atoms with E-state index in [9.17, 15) is 14.4 Å². The van der Waals surface area contributed by atoms with Crippen molar-refractivity contribution in [2.24, 2.45) is 5.92 Å². The van der Waals surface area contributed by atoms with Crippen molar-refractivity contribution in [2.75, 3.05) is 39.2 Å². The van der Waals surface area contributed by atoms with Gasteiger partial charge < -0.3 is 25.6 Å². The Morgan fingerprint density at radius 2 is 2.18 bits per heavy atom. The number of nitrogens with one attached hydrogen (secondary N) is 3. The molecular weight excluding hydrogens is 362 g/mol. The van der Waals surface area contributed by atoms with Crippen molar-refractivity contribution in [3.63, 3.8) is 0 Å². The fraction of sp³-hybridized carbons (Fsp3) is 0.579. The fourth-order valence-electron chi connectivity index (χ4n) is 3.15. The molecule has 0 aliphatic carbocycles. The Morgan fingerprint density at radius 1 is 1.36 bits per heavy atom. The molecule has 1 saturated heterocycles. The fourth-order valence-corrected chi connectivity index (χ4v) is 3.15. The third-order valence-corrected chi connectivity index (χ3v) is 4.68. The average molecular weight is 391 g/mol. The van der Waals surface area contributed by atoms with Gasteiger partial charge in [0.05, 0.1) is 18.5 Å². The quantitative estimate of drug-likeness (QED) is 0.626. The highest BCUT2D eigenvalue weighted by atomic mass is 16.5. The molecule has 0 saturated carbocycles. The Balaban J connectivity index is 1.91. The van der Waals surface area contributed by atoms with Gasteiger partial charge in [0.25, 0.3) is 0 Å². The molecule has 28 heavy (non-hydrogen) atoms. The second kappa shape index (κ2) is 11.2. The lowest BCUT2D eigenvalue weighted by Gasteiger charge is -2.24. The highest BCUT2D eigenvalue weighted by molar-refractivity contribution is 5.89. The number of ether oxygens (including phenoxy) is 1. The minimum atomic E-state index is -0.366. The van der Waals surface area contributed by atoms with E-state index in [1.54, 1.807) is 43.6 Å². The van der Waals surface area contributed by atoms with E-state index in [-0.39, 0.29) is 36.2 Å². The summed E-state index contributed by atoms with van der Waals surface area (Å²) in [7, 11) is 3.27. The van der Waals surface area contributed by atoms with Crippen LogP contribution in [-0.4, -0.2) is 67.6 Å². The van der Waals surface area contributed by atoms with E-state index in [4.69, 9.17) is 4.74 Å². The summed E-state index contributed by atoms with van der Waals surface area (Å²) < 4.78 is 4.94. The van der Waals surface area contributed by atoms with Crippen molar-refractivity contribution >= 4 is 23.5 Å². The number of carbonyl (C=O) groups excluding carboxylic acids is 3. The number of nitrogens with zero attached hydrogens (tertiary/aromatic N) is 2. The van der Waals surface area contributed by atoms with Gasteiger partial charge in [-0.25, -0.2) is 4.79 Å². The molecule has 2 heterocycles. The zero-order valence-electron chi connectivity index (χ0n) is 16.4. The summed E-state index contributed by atoms with van der Waals surface area (Å²) in [6, 6.07) is 2.95. The first kappa shape index (κ1) is 21.6. The van der Waals surface area contributed by atoms with Gasteiger partial charge in [0.1, 0.15) is 0 Å². The van der Waals surface area contributed by atoms with E-state index >= 15 is 0 Å². The van der Waals surface area contributed by atoms with Crippen molar-refractivity contribution in [3.05, 3.63) is 24.5 Å². The zero-order valence-corrected chi connectivity index (χ0v) is 16.4. The Bertz CT molecular complexity index is 655. The average Bonchev–Trinajstić information content (AvgIpc) is 2.73. The molecule has 0 aromatic carbocycles. The number of carbonyl (C=O) groups is 3. The molecule has 0 unspecified atom stereocenters. The SMILES string of the molecule is COCCNC(=O)[C@@H]1CCC[C@@H](NC(=O)Nc2cccnc2)CN(C)C(=O)C1. The lowest BCUT2D eigenvalue weighted by atomic mass is 9.96. The number of aromatic nitrogens is 1. The van der Waals surface area contributed by atoms with Gasteiger partial charge in [0.2, 0.25) is 11.8 Å². The molecule has 9 nitrogen and oxygen atoms in total. The molecule has 1 aromatic heterocycles. The van der Waals surface area contributed by atoms with Crippen LogP contribution in [-0.2, 0) is 14.3 Å². The molecule has 154 valence electrons. The number of methoxy groups -OCH3 is 1. The lowest BCUT2D eigenvalue weighted by Crippen LogP contribution is -2.45. The van der Waals surface area contributed by atoms with Gasteiger partial charge >= 0.3 is 6.03 Å². The van der Waals surface area contributed by atoms with Crippen LogP contribution < -0.4 is 16.0 Å². The van der Waals surface area contributed by atoms with E-state index < -0.39 is 0 Å². The normalized spacial score (nSPS) is 20.5. The maximum absolute atomic E-state index is 12.5. The molecule has 1 aliphatic rings. The van der Waals surface area contributed by atoms with Gasteiger partial charge in [-0.05, 0) is 25.0 Å². The summed E-state index contributed by atoms with van der Waals surface area (Å²) in [5.74, 6) is -0.595. The number of likely N-dealkylation sites (N-methyl/N-ethyl adjacent to an activating group) is 1. The largest absolute Gasteiger partial charge is 0.383 e. The summed E-state index contributed by atoms with van der Waals surface area (Å²) in [4.78, 5) is 42.6. The first-order valence-corrected chi connectivity index (χ1v) is 9.47. The topological polar surface area (TPSA) is 113 Å². The summed E-state index contributed by atoms with van der Waals surface area (Å²) in [6.07, 6.45) is 5.38. The molecule has 0 spiro atoms. The number of pyridine rings is 1. The van der Waals surface area contributed by atoms with Crippen LogP contribution in [0.1, 0.15) is 25.7 Å². The maximum atomic E-state index is 12.5. The van der Waals surface area contributed by atoms with Crippen LogP contribution in [0.3, 0.4) is 0 Å². The predicted octanol–water partition coefficient (Wildman–Crippen LogP) is 0.983. The van der Waals surface area contributed by atoms with Gasteiger partial charge in [0.15, 0.2) is 0 Å². The molecule has 4 amide bonds. The summed E-state index contributed by atoms with van der Waals surface area (Å²) >= 11 is 0. The molecule has 3 N–H and O–H groups in total. The highest BCUT2D eigenvalue weighted by Gasteiger charge is 2.27. The number of rotatable bonds is 6. The summed E-state index contributed by atoms with van der Waals surface area (Å²) in [6.45, 7) is 1.26. The van der Waals surface area contributed by atoms with Crippen LogP contribution in [0.2, 0.25) is 0 Å². The number of amides is 4. The molecule has 9 heteroatoms. The molecule has 0 radical (unpaired) electrons. The van der Waals surface area contributed by atoms with Gasteiger partial charge in [-0.2, -0.15) is 0 Å². The van der Waals surface area contributed by atoms with Crippen LogP contribution in [0, 0.1) is 5.92 Å². The van der Waals surface area contributed by atoms with Gasteiger partial charge in [0, 0.05) is 51.8 Å². The number of urea groups is 1. The van der Waals surface area contributed by atoms with Crippen LogP contribution in [0.15, 0.2) is 24.5 Å².